The molecule has 4 heteroatoms. The maximum Gasteiger partial charge on any atom is 0.129 e. The molecule has 0 aliphatic heterocycles. The van der Waals surface area contributed by atoms with Crippen molar-refractivity contribution in [3.63, 3.8) is 0 Å². The zero-order valence-corrected chi connectivity index (χ0v) is 8.00. The number of nitrogens with zero attached hydrogens (tertiary/aromatic N) is 1. The van der Waals surface area contributed by atoms with Crippen LogP contribution >= 0.6 is 0 Å². The molecule has 1 aromatic carbocycles. The molecule has 2 rings (SSSR count). The van der Waals surface area contributed by atoms with Gasteiger partial charge in [-0.15, -0.1) is 0 Å². The lowest BCUT2D eigenvalue weighted by molar-refractivity contribution is 0.259. The molecule has 78 valence electrons. The van der Waals surface area contributed by atoms with Gasteiger partial charge in [0.2, 0.25) is 0 Å². The minimum atomic E-state index is -0.987. The fourth-order valence-electron chi connectivity index (χ4n) is 1.95. The molecule has 2 atom stereocenters. The van der Waals surface area contributed by atoms with Crippen LogP contribution < -0.4 is 5.73 Å². The zero-order chi connectivity index (χ0) is 11.1. The number of halogens is 2. The summed E-state index contributed by atoms with van der Waals surface area (Å²) in [7, 11) is 0. The molecule has 0 spiro atoms. The molecule has 2 nitrogen and oxygen atoms in total. The number of rotatable bonds is 1. The van der Waals surface area contributed by atoms with Gasteiger partial charge in [-0.05, 0) is 24.5 Å². The summed E-state index contributed by atoms with van der Waals surface area (Å²) in [6.07, 6.45) is 1.23. The van der Waals surface area contributed by atoms with Gasteiger partial charge in [0.15, 0.2) is 0 Å². The molecule has 1 aliphatic rings. The van der Waals surface area contributed by atoms with Gasteiger partial charge in [0.25, 0.3) is 0 Å². The van der Waals surface area contributed by atoms with E-state index in [0.717, 1.165) is 6.07 Å². The average molecular weight is 208 g/mol. The third kappa shape index (κ3) is 1.49. The minimum Gasteiger partial charge on any atom is -0.313 e. The molecule has 0 aromatic heterocycles. The smallest absolute Gasteiger partial charge is 0.129 e. The van der Waals surface area contributed by atoms with Crippen molar-refractivity contribution in [1.29, 1.82) is 5.26 Å². The molecular weight excluding hydrogens is 198 g/mol. The van der Waals surface area contributed by atoms with Crippen LogP contribution in [0.2, 0.25) is 0 Å². The standard InChI is InChI=1S/C11H10F2N2/c12-7-1-2-8(10(13)5-7)9-3-4-11(9,15)6-14/h1-2,5,9H,3-4,15H2/t9-,11+/m1/s1. The molecule has 1 aliphatic carbocycles. The maximum absolute atomic E-state index is 13.4. The third-order valence-electron chi connectivity index (χ3n) is 3.01. The summed E-state index contributed by atoms with van der Waals surface area (Å²) in [6.45, 7) is 0. The first-order valence-electron chi connectivity index (χ1n) is 4.72. The number of hydrogen-bond acceptors (Lipinski definition) is 2. The van der Waals surface area contributed by atoms with Gasteiger partial charge in [0.05, 0.1) is 6.07 Å². The maximum atomic E-state index is 13.4. The molecule has 0 amide bonds. The second-order valence-corrected chi connectivity index (χ2v) is 3.91. The molecular formula is C11H10F2N2. The Labute approximate surface area is 86.3 Å². The van der Waals surface area contributed by atoms with Crippen LogP contribution in [0.15, 0.2) is 18.2 Å². The predicted octanol–water partition coefficient (Wildman–Crippen LogP) is 2.06. The fraction of sp³-hybridized carbons (Fsp3) is 0.364. The average Bonchev–Trinajstić information content (AvgIpc) is 2.19. The SMILES string of the molecule is N#C[C@@]1(N)CC[C@@H]1c1ccc(F)cc1F. The van der Waals surface area contributed by atoms with Crippen LogP contribution in [0.1, 0.15) is 24.3 Å². The van der Waals surface area contributed by atoms with Crippen molar-refractivity contribution >= 4 is 0 Å². The topological polar surface area (TPSA) is 49.8 Å². The molecule has 2 N–H and O–H groups in total. The second kappa shape index (κ2) is 3.28. The van der Waals surface area contributed by atoms with Crippen molar-refractivity contribution in [2.75, 3.05) is 0 Å². The number of nitrogens with two attached hydrogens (primary N) is 1. The highest BCUT2D eigenvalue weighted by Crippen LogP contribution is 2.44. The Balaban J connectivity index is 2.36. The van der Waals surface area contributed by atoms with Gasteiger partial charge in [0.1, 0.15) is 17.2 Å². The molecule has 1 aromatic rings. The fourth-order valence-corrected chi connectivity index (χ4v) is 1.95. The molecule has 0 saturated heterocycles. The zero-order valence-electron chi connectivity index (χ0n) is 8.00. The van der Waals surface area contributed by atoms with Crippen LogP contribution in [0.4, 0.5) is 8.78 Å². The van der Waals surface area contributed by atoms with E-state index in [1.807, 2.05) is 6.07 Å². The first kappa shape index (κ1) is 10.1. The lowest BCUT2D eigenvalue weighted by Crippen LogP contribution is -2.52. The second-order valence-electron chi connectivity index (χ2n) is 3.91. The van der Waals surface area contributed by atoms with Crippen molar-refractivity contribution in [2.45, 2.75) is 24.3 Å². The Morgan fingerprint density at radius 2 is 2.20 bits per heavy atom. The Kier molecular flexibility index (Phi) is 2.20. The highest BCUT2D eigenvalue weighted by molar-refractivity contribution is 5.34. The van der Waals surface area contributed by atoms with E-state index < -0.39 is 17.2 Å². The Bertz CT molecular complexity index is 439. The van der Waals surface area contributed by atoms with Gasteiger partial charge in [-0.25, -0.2) is 8.78 Å². The lowest BCUT2D eigenvalue weighted by Gasteiger charge is -2.41. The van der Waals surface area contributed by atoms with Crippen LogP contribution in [0.5, 0.6) is 0 Å². The highest BCUT2D eigenvalue weighted by atomic mass is 19.1. The van der Waals surface area contributed by atoms with Crippen LogP contribution in [-0.4, -0.2) is 5.54 Å². The lowest BCUT2D eigenvalue weighted by atomic mass is 9.65. The largest absolute Gasteiger partial charge is 0.313 e. The summed E-state index contributed by atoms with van der Waals surface area (Å²) in [5.41, 5.74) is 5.12. The van der Waals surface area contributed by atoms with Crippen LogP contribution in [0, 0.1) is 23.0 Å². The van der Waals surface area contributed by atoms with E-state index in [1.165, 1.54) is 12.1 Å². The van der Waals surface area contributed by atoms with E-state index in [-0.39, 0.29) is 5.92 Å². The Hall–Kier alpha value is -1.47. The van der Waals surface area contributed by atoms with E-state index in [9.17, 15) is 8.78 Å². The van der Waals surface area contributed by atoms with E-state index in [1.54, 1.807) is 0 Å². The van der Waals surface area contributed by atoms with Crippen molar-refractivity contribution in [3.05, 3.63) is 35.4 Å². The van der Waals surface area contributed by atoms with E-state index in [0.29, 0.717) is 18.4 Å². The monoisotopic (exact) mass is 208 g/mol. The summed E-state index contributed by atoms with van der Waals surface area (Å²) < 4.78 is 26.1. The Morgan fingerprint density at radius 3 is 2.67 bits per heavy atom. The van der Waals surface area contributed by atoms with E-state index in [4.69, 9.17) is 11.0 Å². The minimum absolute atomic E-state index is 0.317. The molecule has 0 bridgehead atoms. The van der Waals surface area contributed by atoms with Crippen LogP contribution in [0.3, 0.4) is 0 Å². The van der Waals surface area contributed by atoms with Crippen LogP contribution in [-0.2, 0) is 0 Å². The molecule has 0 radical (unpaired) electrons. The quantitative estimate of drug-likeness (QED) is 0.768. The van der Waals surface area contributed by atoms with Gasteiger partial charge in [0, 0.05) is 12.0 Å². The Morgan fingerprint density at radius 1 is 1.47 bits per heavy atom. The summed E-state index contributed by atoms with van der Waals surface area (Å²) >= 11 is 0. The first-order chi connectivity index (χ1) is 7.07. The predicted molar refractivity (Wildman–Crippen MR) is 50.9 cm³/mol. The number of hydrogen-bond donors (Lipinski definition) is 1. The van der Waals surface area contributed by atoms with Gasteiger partial charge in [-0.1, -0.05) is 6.07 Å². The van der Waals surface area contributed by atoms with Gasteiger partial charge >= 0.3 is 0 Å². The number of benzene rings is 1. The third-order valence-corrected chi connectivity index (χ3v) is 3.01. The van der Waals surface area contributed by atoms with Gasteiger partial charge in [-0.2, -0.15) is 5.26 Å². The van der Waals surface area contributed by atoms with E-state index >= 15 is 0 Å². The molecule has 0 heterocycles. The molecule has 15 heavy (non-hydrogen) atoms. The highest BCUT2D eigenvalue weighted by Gasteiger charge is 2.45. The van der Waals surface area contributed by atoms with Gasteiger partial charge in [-0.3, -0.25) is 0 Å². The molecule has 1 fully saturated rings. The van der Waals surface area contributed by atoms with Crippen molar-refractivity contribution in [3.8, 4) is 6.07 Å². The molecule has 1 saturated carbocycles. The summed E-state index contributed by atoms with van der Waals surface area (Å²) in [5, 5.41) is 8.85. The summed E-state index contributed by atoms with van der Waals surface area (Å²) in [6, 6.07) is 5.37. The van der Waals surface area contributed by atoms with Crippen molar-refractivity contribution < 1.29 is 8.78 Å². The summed E-state index contributed by atoms with van der Waals surface area (Å²) in [5.74, 6) is -1.55. The van der Waals surface area contributed by atoms with Gasteiger partial charge < -0.3 is 5.73 Å². The van der Waals surface area contributed by atoms with Crippen LogP contribution in [0.25, 0.3) is 0 Å². The number of nitriles is 1. The van der Waals surface area contributed by atoms with E-state index in [2.05, 4.69) is 0 Å². The molecule has 0 unspecified atom stereocenters. The summed E-state index contributed by atoms with van der Waals surface area (Å²) in [4.78, 5) is 0. The van der Waals surface area contributed by atoms with Crippen molar-refractivity contribution in [2.24, 2.45) is 5.73 Å². The van der Waals surface area contributed by atoms with Crippen molar-refractivity contribution in [1.82, 2.24) is 0 Å². The first-order valence-corrected chi connectivity index (χ1v) is 4.72. The normalized spacial score (nSPS) is 29.3.